The van der Waals surface area contributed by atoms with Crippen LogP contribution in [0.25, 0.3) is 0 Å². The lowest BCUT2D eigenvalue weighted by Gasteiger charge is -2.01. The van der Waals surface area contributed by atoms with Crippen molar-refractivity contribution in [1.29, 1.82) is 0 Å². The predicted molar refractivity (Wildman–Crippen MR) is 36.1 cm³/mol. The highest BCUT2D eigenvalue weighted by molar-refractivity contribution is 5.12. The van der Waals surface area contributed by atoms with Gasteiger partial charge in [-0.05, 0) is 26.0 Å². The zero-order valence-electron chi connectivity index (χ0n) is 5.76. The first-order valence-electron chi connectivity index (χ1n) is 2.99. The Labute approximate surface area is 54.7 Å². The molecule has 50 valence electrons. The number of hydrogen-bond acceptors (Lipinski definition) is 1. The molecule has 0 aliphatic rings. The number of aryl methyl sites for hydroxylation is 2. The normalized spacial score (nSPS) is 10.1. The number of hydrogen-bond donors (Lipinski definition) is 1. The Morgan fingerprint density at radius 2 is 1.78 bits per heavy atom. The molecule has 0 aliphatic heterocycles. The fraction of sp³-hybridized carbons (Fsp3) is 0.429. The summed E-state index contributed by atoms with van der Waals surface area (Å²) in [6.07, 6.45) is 0. The maximum atomic E-state index is 8.75. The molecule has 1 aromatic heterocycles. The lowest BCUT2D eigenvalue weighted by molar-refractivity contribution is 0.206. The van der Waals surface area contributed by atoms with Crippen LogP contribution in [0.1, 0.15) is 11.4 Å². The standard InChI is InChI=1S/C7H11NO/c1-6-3-4-7(2)8(6)5-9/h3-4,9H,5H2,1-2H3. The minimum absolute atomic E-state index is 0.0880. The molecule has 0 atom stereocenters. The molecule has 0 aromatic carbocycles. The van der Waals surface area contributed by atoms with Gasteiger partial charge in [-0.3, -0.25) is 0 Å². The Morgan fingerprint density at radius 1 is 1.33 bits per heavy atom. The predicted octanol–water partition coefficient (Wildman–Crippen LogP) is 1.05. The third-order valence-corrected chi connectivity index (χ3v) is 1.56. The van der Waals surface area contributed by atoms with Crippen molar-refractivity contribution in [2.45, 2.75) is 20.6 Å². The smallest absolute Gasteiger partial charge is 0.119 e. The van der Waals surface area contributed by atoms with Crippen LogP contribution < -0.4 is 0 Å². The maximum absolute atomic E-state index is 8.75. The van der Waals surface area contributed by atoms with Gasteiger partial charge in [0.2, 0.25) is 0 Å². The minimum atomic E-state index is 0.0880. The van der Waals surface area contributed by atoms with E-state index in [0.717, 1.165) is 11.4 Å². The third kappa shape index (κ3) is 0.980. The Hall–Kier alpha value is -0.760. The summed E-state index contributed by atoms with van der Waals surface area (Å²) in [5.41, 5.74) is 2.21. The molecule has 1 rings (SSSR count). The van der Waals surface area contributed by atoms with E-state index in [1.54, 1.807) is 0 Å². The van der Waals surface area contributed by atoms with E-state index in [9.17, 15) is 0 Å². The van der Waals surface area contributed by atoms with Crippen LogP contribution in [0.2, 0.25) is 0 Å². The van der Waals surface area contributed by atoms with Gasteiger partial charge in [0.15, 0.2) is 0 Å². The summed E-state index contributed by atoms with van der Waals surface area (Å²) < 4.78 is 1.85. The first-order valence-corrected chi connectivity index (χ1v) is 2.99. The zero-order valence-corrected chi connectivity index (χ0v) is 5.76. The molecule has 0 aliphatic carbocycles. The molecular formula is C7H11NO. The third-order valence-electron chi connectivity index (χ3n) is 1.56. The monoisotopic (exact) mass is 125 g/mol. The molecule has 0 spiro atoms. The number of aromatic nitrogens is 1. The van der Waals surface area contributed by atoms with Crippen molar-refractivity contribution in [1.82, 2.24) is 4.57 Å². The van der Waals surface area contributed by atoms with Crippen LogP contribution in [0.15, 0.2) is 12.1 Å². The lowest BCUT2D eigenvalue weighted by Crippen LogP contribution is -1.99. The van der Waals surface area contributed by atoms with Gasteiger partial charge in [0, 0.05) is 11.4 Å². The maximum Gasteiger partial charge on any atom is 0.119 e. The molecule has 1 heterocycles. The van der Waals surface area contributed by atoms with Crippen LogP contribution in [-0.2, 0) is 6.73 Å². The second-order valence-electron chi connectivity index (χ2n) is 2.19. The SMILES string of the molecule is Cc1ccc(C)n1CO. The van der Waals surface area contributed by atoms with E-state index in [2.05, 4.69) is 0 Å². The van der Waals surface area contributed by atoms with E-state index in [1.807, 2.05) is 30.5 Å². The van der Waals surface area contributed by atoms with E-state index < -0.39 is 0 Å². The largest absolute Gasteiger partial charge is 0.376 e. The molecule has 9 heavy (non-hydrogen) atoms. The summed E-state index contributed by atoms with van der Waals surface area (Å²) in [4.78, 5) is 0. The average Bonchev–Trinajstić information content (AvgIpc) is 2.12. The summed E-state index contributed by atoms with van der Waals surface area (Å²) in [7, 11) is 0. The van der Waals surface area contributed by atoms with Crippen molar-refractivity contribution < 1.29 is 5.11 Å². The van der Waals surface area contributed by atoms with E-state index >= 15 is 0 Å². The molecule has 0 unspecified atom stereocenters. The van der Waals surface area contributed by atoms with Crippen molar-refractivity contribution in [2.24, 2.45) is 0 Å². The molecule has 0 amide bonds. The van der Waals surface area contributed by atoms with Crippen molar-refractivity contribution in [3.05, 3.63) is 23.5 Å². The Kier molecular flexibility index (Phi) is 1.58. The molecule has 1 aromatic rings. The number of aliphatic hydroxyl groups excluding tert-OH is 1. The minimum Gasteiger partial charge on any atom is -0.376 e. The van der Waals surface area contributed by atoms with Crippen LogP contribution in [0.4, 0.5) is 0 Å². The van der Waals surface area contributed by atoms with Crippen molar-refractivity contribution in [3.63, 3.8) is 0 Å². The van der Waals surface area contributed by atoms with Gasteiger partial charge in [0.25, 0.3) is 0 Å². The van der Waals surface area contributed by atoms with Crippen LogP contribution in [0.5, 0.6) is 0 Å². The number of aliphatic hydroxyl groups is 1. The number of rotatable bonds is 1. The second-order valence-corrected chi connectivity index (χ2v) is 2.19. The summed E-state index contributed by atoms with van der Waals surface area (Å²) >= 11 is 0. The molecular weight excluding hydrogens is 114 g/mol. The van der Waals surface area contributed by atoms with Crippen LogP contribution in [0.3, 0.4) is 0 Å². The van der Waals surface area contributed by atoms with E-state index in [1.165, 1.54) is 0 Å². The van der Waals surface area contributed by atoms with Gasteiger partial charge >= 0.3 is 0 Å². The summed E-state index contributed by atoms with van der Waals surface area (Å²) in [6, 6.07) is 3.98. The van der Waals surface area contributed by atoms with Crippen molar-refractivity contribution in [3.8, 4) is 0 Å². The average molecular weight is 125 g/mol. The van der Waals surface area contributed by atoms with E-state index in [0.29, 0.717) is 0 Å². The Bertz CT molecular complexity index is 183. The molecule has 2 nitrogen and oxygen atoms in total. The highest BCUT2D eigenvalue weighted by Crippen LogP contribution is 2.04. The molecule has 0 radical (unpaired) electrons. The van der Waals surface area contributed by atoms with Crippen molar-refractivity contribution >= 4 is 0 Å². The van der Waals surface area contributed by atoms with Gasteiger partial charge in [0.1, 0.15) is 6.73 Å². The van der Waals surface area contributed by atoms with E-state index in [4.69, 9.17) is 5.11 Å². The quantitative estimate of drug-likeness (QED) is 0.596. The van der Waals surface area contributed by atoms with Gasteiger partial charge < -0.3 is 9.67 Å². The highest BCUT2D eigenvalue weighted by Gasteiger charge is 1.95. The Balaban J connectivity index is 3.07. The molecule has 2 heteroatoms. The molecule has 0 bridgehead atoms. The van der Waals surface area contributed by atoms with Crippen molar-refractivity contribution in [2.75, 3.05) is 0 Å². The van der Waals surface area contributed by atoms with Gasteiger partial charge in [-0.2, -0.15) is 0 Å². The summed E-state index contributed by atoms with van der Waals surface area (Å²) in [6.45, 7) is 4.04. The zero-order chi connectivity index (χ0) is 6.85. The second kappa shape index (κ2) is 2.23. The fourth-order valence-electron chi connectivity index (χ4n) is 0.922. The van der Waals surface area contributed by atoms with Gasteiger partial charge in [0.05, 0.1) is 0 Å². The first-order chi connectivity index (χ1) is 4.25. The molecule has 0 fully saturated rings. The van der Waals surface area contributed by atoms with Crippen LogP contribution in [0, 0.1) is 13.8 Å². The van der Waals surface area contributed by atoms with Crippen LogP contribution in [-0.4, -0.2) is 9.67 Å². The van der Waals surface area contributed by atoms with Gasteiger partial charge in [-0.25, -0.2) is 0 Å². The topological polar surface area (TPSA) is 25.2 Å². The summed E-state index contributed by atoms with van der Waals surface area (Å²) in [5, 5.41) is 8.75. The molecule has 0 saturated heterocycles. The first kappa shape index (κ1) is 6.36. The fourth-order valence-corrected chi connectivity index (χ4v) is 0.922. The molecule has 1 N–H and O–H groups in total. The number of nitrogens with zero attached hydrogens (tertiary/aromatic N) is 1. The lowest BCUT2D eigenvalue weighted by atomic mass is 10.5. The van der Waals surface area contributed by atoms with Gasteiger partial charge in [-0.15, -0.1) is 0 Å². The van der Waals surface area contributed by atoms with E-state index in [-0.39, 0.29) is 6.73 Å². The van der Waals surface area contributed by atoms with Crippen LogP contribution >= 0.6 is 0 Å². The molecule has 0 saturated carbocycles. The highest BCUT2D eigenvalue weighted by atomic mass is 16.3. The Morgan fingerprint density at radius 3 is 2.00 bits per heavy atom. The van der Waals surface area contributed by atoms with Gasteiger partial charge in [-0.1, -0.05) is 0 Å². The summed E-state index contributed by atoms with van der Waals surface area (Å²) in [5.74, 6) is 0.